The average molecular weight is 367 g/mol. The van der Waals surface area contributed by atoms with E-state index in [-0.39, 0.29) is 5.78 Å². The van der Waals surface area contributed by atoms with Gasteiger partial charge in [-0.3, -0.25) is 9.59 Å². The first kappa shape index (κ1) is 19.1. The molecule has 28 heavy (non-hydrogen) atoms. The molecular weight excluding hydrogens is 346 g/mol. The van der Waals surface area contributed by atoms with Crippen LogP contribution in [0.1, 0.15) is 21.5 Å². The molecule has 0 atom stereocenters. The number of nitrogens with zero attached hydrogens (tertiary/aromatic N) is 1. The molecule has 0 aliphatic rings. The van der Waals surface area contributed by atoms with Crippen molar-refractivity contribution in [1.82, 2.24) is 4.90 Å². The van der Waals surface area contributed by atoms with E-state index in [1.807, 2.05) is 78.9 Å². The van der Waals surface area contributed by atoms with Crippen LogP contribution in [-0.4, -0.2) is 17.1 Å². The number of allylic oxidation sites excluding steroid dienone is 3. The number of benzene rings is 3. The first-order valence-corrected chi connectivity index (χ1v) is 9.06. The Hall–Kier alpha value is -3.72. The van der Waals surface area contributed by atoms with Gasteiger partial charge >= 0.3 is 0 Å². The number of hydrogen-bond donors (Lipinski definition) is 0. The number of ketones is 1. The van der Waals surface area contributed by atoms with Gasteiger partial charge in [0, 0.05) is 18.3 Å². The summed E-state index contributed by atoms with van der Waals surface area (Å²) in [7, 11) is 0. The van der Waals surface area contributed by atoms with E-state index in [2.05, 4.69) is 0 Å². The molecular formula is C25H21NO2. The SMILES string of the molecule is O=CN(/C=C\C(=C\C(=O)c1ccccc1)c1ccccc1)Cc1ccccc1. The lowest BCUT2D eigenvalue weighted by molar-refractivity contribution is -0.116. The van der Waals surface area contributed by atoms with Gasteiger partial charge < -0.3 is 4.90 Å². The van der Waals surface area contributed by atoms with Crippen molar-refractivity contribution in [3.05, 3.63) is 126 Å². The van der Waals surface area contributed by atoms with Gasteiger partial charge in [0.2, 0.25) is 6.41 Å². The van der Waals surface area contributed by atoms with Gasteiger partial charge in [0.25, 0.3) is 0 Å². The van der Waals surface area contributed by atoms with Crippen molar-refractivity contribution in [3.8, 4) is 0 Å². The van der Waals surface area contributed by atoms with Gasteiger partial charge in [0.15, 0.2) is 5.78 Å². The second kappa shape index (κ2) is 9.83. The Balaban J connectivity index is 1.86. The van der Waals surface area contributed by atoms with E-state index in [1.165, 1.54) is 0 Å². The highest BCUT2D eigenvalue weighted by molar-refractivity contribution is 6.09. The molecule has 3 aromatic rings. The van der Waals surface area contributed by atoms with Crippen LogP contribution in [0.3, 0.4) is 0 Å². The van der Waals surface area contributed by atoms with Crippen molar-refractivity contribution < 1.29 is 9.59 Å². The first-order valence-electron chi connectivity index (χ1n) is 9.06. The zero-order chi connectivity index (χ0) is 19.6. The molecule has 0 N–H and O–H groups in total. The quantitative estimate of drug-likeness (QED) is 0.240. The summed E-state index contributed by atoms with van der Waals surface area (Å²) in [5.41, 5.74) is 3.31. The van der Waals surface area contributed by atoms with Crippen molar-refractivity contribution in [1.29, 1.82) is 0 Å². The van der Waals surface area contributed by atoms with E-state index < -0.39 is 0 Å². The maximum absolute atomic E-state index is 12.6. The van der Waals surface area contributed by atoms with Gasteiger partial charge in [0.05, 0.1) is 0 Å². The van der Waals surface area contributed by atoms with Gasteiger partial charge in [-0.05, 0) is 28.9 Å². The highest BCUT2D eigenvalue weighted by atomic mass is 16.1. The van der Waals surface area contributed by atoms with E-state index in [9.17, 15) is 9.59 Å². The molecule has 3 heteroatoms. The van der Waals surface area contributed by atoms with Gasteiger partial charge in [-0.1, -0.05) is 91.0 Å². The van der Waals surface area contributed by atoms with Crippen LogP contribution in [0, 0.1) is 0 Å². The van der Waals surface area contributed by atoms with E-state index in [1.54, 1.807) is 35.4 Å². The molecule has 0 saturated heterocycles. The Kier molecular flexibility index (Phi) is 6.69. The lowest BCUT2D eigenvalue weighted by atomic mass is 10.0. The summed E-state index contributed by atoms with van der Waals surface area (Å²) >= 11 is 0. The summed E-state index contributed by atoms with van der Waals surface area (Å²) in [6.45, 7) is 0.468. The standard InChI is InChI=1S/C25H21NO2/c27-20-26(19-21-10-4-1-5-11-21)17-16-24(22-12-6-2-7-13-22)18-25(28)23-14-8-3-9-15-23/h1-18,20H,19H2/b17-16-,24-18-. The summed E-state index contributed by atoms with van der Waals surface area (Å²) in [5.74, 6) is -0.0789. The lowest BCUT2D eigenvalue weighted by Crippen LogP contribution is -2.14. The van der Waals surface area contributed by atoms with Crippen molar-refractivity contribution in [3.63, 3.8) is 0 Å². The fraction of sp³-hybridized carbons (Fsp3) is 0.0400. The summed E-state index contributed by atoms with van der Waals surface area (Å²) in [6, 6.07) is 28.6. The number of hydrogen-bond acceptors (Lipinski definition) is 2. The van der Waals surface area contributed by atoms with Crippen molar-refractivity contribution in [2.24, 2.45) is 0 Å². The van der Waals surface area contributed by atoms with Gasteiger partial charge in [-0.2, -0.15) is 0 Å². The highest BCUT2D eigenvalue weighted by Gasteiger charge is 2.06. The smallest absolute Gasteiger partial charge is 0.213 e. The minimum absolute atomic E-state index is 0.0789. The van der Waals surface area contributed by atoms with Crippen molar-refractivity contribution in [2.45, 2.75) is 6.54 Å². The fourth-order valence-electron chi connectivity index (χ4n) is 2.78. The third-order valence-electron chi connectivity index (χ3n) is 4.24. The molecule has 0 heterocycles. The maximum atomic E-state index is 12.6. The largest absolute Gasteiger partial charge is 0.317 e. The Morgan fingerprint density at radius 3 is 1.86 bits per heavy atom. The molecule has 0 aliphatic heterocycles. The van der Waals surface area contributed by atoms with Crippen LogP contribution < -0.4 is 0 Å². The summed E-state index contributed by atoms with van der Waals surface area (Å²) in [6.07, 6.45) is 5.89. The van der Waals surface area contributed by atoms with Crippen molar-refractivity contribution in [2.75, 3.05) is 0 Å². The molecule has 0 spiro atoms. The van der Waals surface area contributed by atoms with E-state index in [4.69, 9.17) is 0 Å². The monoisotopic (exact) mass is 367 g/mol. The van der Waals surface area contributed by atoms with Gasteiger partial charge in [0.1, 0.15) is 0 Å². The normalized spacial score (nSPS) is 11.4. The van der Waals surface area contributed by atoms with E-state index in [0.717, 1.165) is 23.1 Å². The Bertz CT molecular complexity index is 961. The predicted octanol–water partition coefficient (Wildman–Crippen LogP) is 5.13. The Morgan fingerprint density at radius 1 is 0.750 bits per heavy atom. The molecule has 3 nitrogen and oxygen atoms in total. The average Bonchev–Trinajstić information content (AvgIpc) is 2.77. The maximum Gasteiger partial charge on any atom is 0.213 e. The third kappa shape index (κ3) is 5.39. The summed E-state index contributed by atoms with van der Waals surface area (Å²) in [4.78, 5) is 25.7. The van der Waals surface area contributed by atoms with E-state index in [0.29, 0.717) is 12.1 Å². The minimum atomic E-state index is -0.0789. The molecule has 3 aromatic carbocycles. The van der Waals surface area contributed by atoms with Crippen LogP contribution in [0.5, 0.6) is 0 Å². The third-order valence-corrected chi connectivity index (χ3v) is 4.24. The highest BCUT2D eigenvalue weighted by Crippen LogP contribution is 2.18. The van der Waals surface area contributed by atoms with Crippen LogP contribution in [0.25, 0.3) is 5.57 Å². The number of carbonyl (C=O) groups is 2. The molecule has 0 saturated carbocycles. The molecule has 0 radical (unpaired) electrons. The van der Waals surface area contributed by atoms with Crippen LogP contribution in [0.2, 0.25) is 0 Å². The zero-order valence-electron chi connectivity index (χ0n) is 15.4. The topological polar surface area (TPSA) is 37.4 Å². The van der Waals surface area contributed by atoms with Crippen LogP contribution in [0.15, 0.2) is 109 Å². The molecule has 0 fully saturated rings. The number of carbonyl (C=O) groups excluding carboxylic acids is 2. The molecule has 138 valence electrons. The Labute approximate surface area is 165 Å². The number of rotatable bonds is 8. The van der Waals surface area contributed by atoms with Crippen molar-refractivity contribution >= 4 is 17.8 Å². The Morgan fingerprint density at radius 2 is 1.29 bits per heavy atom. The first-order chi connectivity index (χ1) is 13.8. The molecule has 0 unspecified atom stereocenters. The summed E-state index contributed by atoms with van der Waals surface area (Å²) < 4.78 is 0. The molecule has 3 rings (SSSR count). The van der Waals surface area contributed by atoms with Crippen LogP contribution >= 0.6 is 0 Å². The molecule has 0 aromatic heterocycles. The predicted molar refractivity (Wildman–Crippen MR) is 112 cm³/mol. The van der Waals surface area contributed by atoms with Gasteiger partial charge in [-0.15, -0.1) is 0 Å². The van der Waals surface area contributed by atoms with Crippen LogP contribution in [-0.2, 0) is 11.3 Å². The molecule has 0 bridgehead atoms. The second-order valence-electron chi connectivity index (χ2n) is 6.28. The molecule has 0 aliphatic carbocycles. The van der Waals surface area contributed by atoms with Gasteiger partial charge in [-0.25, -0.2) is 0 Å². The molecule has 1 amide bonds. The zero-order valence-corrected chi connectivity index (χ0v) is 15.4. The van der Waals surface area contributed by atoms with E-state index >= 15 is 0 Å². The van der Waals surface area contributed by atoms with Crippen LogP contribution in [0.4, 0.5) is 0 Å². The number of amides is 1. The summed E-state index contributed by atoms with van der Waals surface area (Å²) in [5, 5.41) is 0. The lowest BCUT2D eigenvalue weighted by Gasteiger charge is -2.13. The fourth-order valence-corrected chi connectivity index (χ4v) is 2.78. The minimum Gasteiger partial charge on any atom is -0.317 e. The second-order valence-corrected chi connectivity index (χ2v) is 6.28.